The number of aryl methyl sites for hydroxylation is 1. The maximum atomic E-state index is 12.2. The van der Waals surface area contributed by atoms with E-state index in [-0.39, 0.29) is 5.78 Å². The number of unbranched alkanes of at least 4 members (excludes halogenated alkanes) is 1. The first-order chi connectivity index (χ1) is 10.7. The molecule has 0 aliphatic heterocycles. The number of aromatic nitrogens is 1. The van der Waals surface area contributed by atoms with Crippen LogP contribution in [-0.2, 0) is 4.74 Å². The van der Waals surface area contributed by atoms with E-state index in [9.17, 15) is 9.59 Å². The van der Waals surface area contributed by atoms with Crippen LogP contribution in [0.3, 0.4) is 0 Å². The van der Waals surface area contributed by atoms with Crippen LogP contribution in [0.2, 0.25) is 0 Å². The number of ether oxygens (including phenoxy) is 1. The zero-order valence-corrected chi connectivity index (χ0v) is 14.7. The van der Waals surface area contributed by atoms with Gasteiger partial charge in [0.1, 0.15) is 11.4 Å². The van der Waals surface area contributed by atoms with Crippen LogP contribution in [0.25, 0.3) is 0 Å². The quantitative estimate of drug-likeness (QED) is 0.595. The first kappa shape index (κ1) is 18.9. The third-order valence-corrected chi connectivity index (χ3v) is 3.14. The lowest BCUT2D eigenvalue weighted by Gasteiger charge is -2.19. The molecule has 0 unspecified atom stereocenters. The number of nitrogens with zero attached hydrogens (tertiary/aromatic N) is 1. The average molecular weight is 321 g/mol. The van der Waals surface area contributed by atoms with E-state index < -0.39 is 11.7 Å². The minimum atomic E-state index is -0.496. The lowest BCUT2D eigenvalue weighted by Crippen LogP contribution is -2.33. The molecule has 23 heavy (non-hydrogen) atoms. The summed E-state index contributed by atoms with van der Waals surface area (Å²) in [6, 6.07) is 3.60. The summed E-state index contributed by atoms with van der Waals surface area (Å²) < 4.78 is 5.14. The second-order valence-electron chi connectivity index (χ2n) is 6.39. The highest BCUT2D eigenvalue weighted by Crippen LogP contribution is 2.13. The number of carbonyl (C=O) groups excluding carboxylic acids is 2. The number of amides is 1. The van der Waals surface area contributed by atoms with Crippen LogP contribution in [0.5, 0.6) is 0 Å². The zero-order chi connectivity index (χ0) is 17.5. The number of pyridine rings is 1. The minimum absolute atomic E-state index is 0.0786. The summed E-state index contributed by atoms with van der Waals surface area (Å²) in [5, 5.41) is 5.63. The van der Waals surface area contributed by atoms with Crippen LogP contribution < -0.4 is 10.6 Å². The van der Waals surface area contributed by atoms with E-state index in [2.05, 4.69) is 15.6 Å². The Morgan fingerprint density at radius 1 is 1.22 bits per heavy atom. The van der Waals surface area contributed by atoms with Gasteiger partial charge in [0.15, 0.2) is 5.78 Å². The highest BCUT2D eigenvalue weighted by atomic mass is 16.6. The van der Waals surface area contributed by atoms with Gasteiger partial charge < -0.3 is 15.4 Å². The fourth-order valence-electron chi connectivity index (χ4n) is 2.04. The molecule has 1 heterocycles. The molecule has 0 radical (unpaired) electrons. The number of anilines is 1. The second kappa shape index (κ2) is 8.50. The largest absolute Gasteiger partial charge is 0.444 e. The van der Waals surface area contributed by atoms with Crippen molar-refractivity contribution >= 4 is 17.7 Å². The lowest BCUT2D eigenvalue weighted by atomic mass is 10.0. The first-order valence-electron chi connectivity index (χ1n) is 7.88. The van der Waals surface area contributed by atoms with Gasteiger partial charge in [-0.05, 0) is 52.7 Å². The van der Waals surface area contributed by atoms with E-state index in [1.807, 2.05) is 27.7 Å². The van der Waals surface area contributed by atoms with Crippen molar-refractivity contribution in [1.29, 1.82) is 0 Å². The third-order valence-electron chi connectivity index (χ3n) is 3.14. The topological polar surface area (TPSA) is 80.3 Å². The number of hydrogen-bond donors (Lipinski definition) is 2. The molecule has 0 saturated carbocycles. The van der Waals surface area contributed by atoms with Gasteiger partial charge in [-0.2, -0.15) is 0 Å². The van der Waals surface area contributed by atoms with E-state index in [1.165, 1.54) is 0 Å². The highest BCUT2D eigenvalue weighted by molar-refractivity contribution is 5.97. The molecule has 0 saturated heterocycles. The molecular formula is C17H27N3O3. The molecule has 6 heteroatoms. The van der Waals surface area contributed by atoms with Crippen LogP contribution in [0.1, 0.15) is 56.1 Å². The number of rotatable bonds is 7. The molecule has 0 spiro atoms. The summed E-state index contributed by atoms with van der Waals surface area (Å²) in [5.74, 6) is 0.829. The molecule has 1 rings (SSSR count). The molecule has 0 aliphatic carbocycles. The maximum Gasteiger partial charge on any atom is 0.407 e. The Labute approximate surface area is 138 Å². The Kier molecular flexibility index (Phi) is 7.00. The second-order valence-corrected chi connectivity index (χ2v) is 6.39. The minimum Gasteiger partial charge on any atom is -0.444 e. The molecule has 128 valence electrons. The molecule has 0 aromatic carbocycles. The Hall–Kier alpha value is -2.11. The Bertz CT molecular complexity index is 551. The predicted octanol–water partition coefficient (Wildman–Crippen LogP) is 3.31. The van der Waals surface area contributed by atoms with Gasteiger partial charge in [-0.15, -0.1) is 0 Å². The van der Waals surface area contributed by atoms with Gasteiger partial charge >= 0.3 is 6.09 Å². The molecule has 1 amide bonds. The molecule has 0 fully saturated rings. The first-order valence-corrected chi connectivity index (χ1v) is 7.88. The van der Waals surface area contributed by atoms with E-state index in [4.69, 9.17) is 4.74 Å². The van der Waals surface area contributed by atoms with Gasteiger partial charge in [-0.1, -0.05) is 0 Å². The predicted molar refractivity (Wildman–Crippen MR) is 90.9 cm³/mol. The summed E-state index contributed by atoms with van der Waals surface area (Å²) in [4.78, 5) is 28.0. The van der Waals surface area contributed by atoms with Crippen molar-refractivity contribution < 1.29 is 14.3 Å². The number of carbonyl (C=O) groups is 2. The van der Waals surface area contributed by atoms with Crippen molar-refractivity contribution in [2.75, 3.05) is 18.9 Å². The molecule has 1 aromatic rings. The molecule has 1 aromatic heterocycles. The summed E-state index contributed by atoms with van der Waals surface area (Å²) in [6.07, 6.45) is 1.46. The van der Waals surface area contributed by atoms with Crippen LogP contribution in [0.15, 0.2) is 12.1 Å². The fraction of sp³-hybridized carbons (Fsp3) is 0.588. The number of nitrogens with one attached hydrogen (secondary N) is 2. The number of ketones is 1. The van der Waals surface area contributed by atoms with E-state index in [0.29, 0.717) is 24.9 Å². The van der Waals surface area contributed by atoms with Crippen molar-refractivity contribution in [3.8, 4) is 0 Å². The zero-order valence-electron chi connectivity index (χ0n) is 14.7. The van der Waals surface area contributed by atoms with Crippen LogP contribution in [-0.4, -0.2) is 36.1 Å². The standard InChI is InChI=1S/C17H27N3O3/c1-12-13(9-10-15(18-5)20-12)14(21)8-6-7-11-19-16(22)23-17(2,3)4/h9-10H,6-8,11H2,1-5H3,(H,18,20)(H,19,22). The van der Waals surface area contributed by atoms with Crippen molar-refractivity contribution in [1.82, 2.24) is 10.3 Å². The van der Waals surface area contributed by atoms with E-state index in [0.717, 1.165) is 17.9 Å². The summed E-state index contributed by atoms with van der Waals surface area (Å²) in [7, 11) is 1.79. The van der Waals surface area contributed by atoms with Gasteiger partial charge in [-0.3, -0.25) is 4.79 Å². The van der Waals surface area contributed by atoms with Crippen LogP contribution >= 0.6 is 0 Å². The van der Waals surface area contributed by atoms with Crippen molar-refractivity contribution in [3.63, 3.8) is 0 Å². The summed E-state index contributed by atoms with van der Waals surface area (Å²) >= 11 is 0. The Morgan fingerprint density at radius 3 is 2.48 bits per heavy atom. The van der Waals surface area contributed by atoms with Gasteiger partial charge in [0, 0.05) is 25.6 Å². The Morgan fingerprint density at radius 2 is 1.91 bits per heavy atom. The van der Waals surface area contributed by atoms with Crippen molar-refractivity contribution in [2.24, 2.45) is 0 Å². The molecule has 6 nitrogen and oxygen atoms in total. The highest BCUT2D eigenvalue weighted by Gasteiger charge is 2.15. The number of alkyl carbamates (subject to hydrolysis) is 1. The van der Waals surface area contributed by atoms with Gasteiger partial charge in [0.05, 0.1) is 5.69 Å². The molecule has 0 aliphatic rings. The number of hydrogen-bond acceptors (Lipinski definition) is 5. The van der Waals surface area contributed by atoms with Gasteiger partial charge in [-0.25, -0.2) is 9.78 Å². The van der Waals surface area contributed by atoms with Crippen molar-refractivity contribution in [3.05, 3.63) is 23.4 Å². The Balaban J connectivity index is 2.31. The smallest absolute Gasteiger partial charge is 0.407 e. The normalized spacial score (nSPS) is 11.0. The monoisotopic (exact) mass is 321 g/mol. The maximum absolute atomic E-state index is 12.2. The number of Topliss-reactive ketones (excluding diaryl/α,β-unsaturated/α-hetero) is 1. The third kappa shape index (κ3) is 7.13. The average Bonchev–Trinajstić information content (AvgIpc) is 2.44. The van der Waals surface area contributed by atoms with E-state index >= 15 is 0 Å². The van der Waals surface area contributed by atoms with Crippen LogP contribution in [0, 0.1) is 6.92 Å². The SMILES string of the molecule is CNc1ccc(C(=O)CCCCNC(=O)OC(C)(C)C)c(C)n1. The van der Waals surface area contributed by atoms with Crippen LogP contribution in [0.4, 0.5) is 10.6 Å². The lowest BCUT2D eigenvalue weighted by molar-refractivity contribution is 0.0527. The van der Waals surface area contributed by atoms with E-state index in [1.54, 1.807) is 19.2 Å². The summed E-state index contributed by atoms with van der Waals surface area (Å²) in [5.41, 5.74) is 0.891. The molecule has 2 N–H and O–H groups in total. The van der Waals surface area contributed by atoms with Gasteiger partial charge in [0.25, 0.3) is 0 Å². The van der Waals surface area contributed by atoms with Gasteiger partial charge in [0.2, 0.25) is 0 Å². The summed E-state index contributed by atoms with van der Waals surface area (Å²) in [6.45, 7) is 7.79. The molecule has 0 bridgehead atoms. The van der Waals surface area contributed by atoms with Crippen molar-refractivity contribution in [2.45, 2.75) is 52.6 Å². The molecule has 0 atom stereocenters. The molecular weight excluding hydrogens is 294 g/mol. The fourth-order valence-corrected chi connectivity index (χ4v) is 2.04.